The van der Waals surface area contributed by atoms with Crippen LogP contribution in [0.5, 0.6) is 0 Å². The van der Waals surface area contributed by atoms with Crippen LogP contribution in [0.25, 0.3) is 0 Å². The summed E-state index contributed by atoms with van der Waals surface area (Å²) in [7, 11) is 0. The van der Waals surface area contributed by atoms with Gasteiger partial charge in [0.1, 0.15) is 0 Å². The maximum atomic E-state index is 5.96. The van der Waals surface area contributed by atoms with E-state index in [1.165, 1.54) is 12.8 Å². The van der Waals surface area contributed by atoms with Gasteiger partial charge < -0.3 is 10.5 Å². The lowest BCUT2D eigenvalue weighted by Crippen LogP contribution is -2.34. The van der Waals surface area contributed by atoms with Gasteiger partial charge in [0.15, 0.2) is 0 Å². The fraction of sp³-hybridized carbons (Fsp3) is 1.00. The molecule has 2 N–H and O–H groups in total. The Bertz CT molecular complexity index is 205. The van der Waals surface area contributed by atoms with Gasteiger partial charge >= 0.3 is 0 Å². The number of ether oxygens (including phenoxy) is 1. The molecule has 2 aliphatic rings. The van der Waals surface area contributed by atoms with Gasteiger partial charge in [0, 0.05) is 19.1 Å². The molecule has 0 saturated carbocycles. The standard InChI is InChI=1S/C11H22N2O/c1-11(2)5-3-10(14-11)8-13-6-4-9(12)7-13/h9-10H,3-8,12H2,1-2H3/t9-,10?/m0/s1. The first kappa shape index (κ1) is 10.4. The number of rotatable bonds is 2. The Morgan fingerprint density at radius 1 is 1.43 bits per heavy atom. The monoisotopic (exact) mass is 198 g/mol. The Morgan fingerprint density at radius 2 is 2.21 bits per heavy atom. The third kappa shape index (κ3) is 2.47. The lowest BCUT2D eigenvalue weighted by atomic mass is 10.1. The van der Waals surface area contributed by atoms with Gasteiger partial charge in [-0.1, -0.05) is 0 Å². The van der Waals surface area contributed by atoms with Crippen molar-refractivity contribution in [1.29, 1.82) is 0 Å². The highest BCUT2D eigenvalue weighted by Gasteiger charge is 2.33. The number of nitrogens with two attached hydrogens (primary N) is 1. The Morgan fingerprint density at radius 3 is 2.71 bits per heavy atom. The fourth-order valence-electron chi connectivity index (χ4n) is 2.52. The molecule has 0 aromatic rings. The van der Waals surface area contributed by atoms with E-state index in [1.54, 1.807) is 0 Å². The van der Waals surface area contributed by atoms with Crippen molar-refractivity contribution in [1.82, 2.24) is 4.90 Å². The molecule has 3 heteroatoms. The zero-order valence-electron chi connectivity index (χ0n) is 9.33. The van der Waals surface area contributed by atoms with Gasteiger partial charge in [-0.2, -0.15) is 0 Å². The quantitative estimate of drug-likeness (QED) is 0.719. The van der Waals surface area contributed by atoms with Gasteiger partial charge in [-0.15, -0.1) is 0 Å². The second-order valence-corrected chi connectivity index (χ2v) is 5.35. The second-order valence-electron chi connectivity index (χ2n) is 5.35. The molecule has 2 fully saturated rings. The molecule has 2 atom stereocenters. The summed E-state index contributed by atoms with van der Waals surface area (Å²) in [5, 5.41) is 0. The van der Waals surface area contributed by atoms with Crippen molar-refractivity contribution >= 4 is 0 Å². The normalized spacial score (nSPS) is 37.9. The van der Waals surface area contributed by atoms with E-state index in [0.29, 0.717) is 12.1 Å². The maximum absolute atomic E-state index is 5.96. The number of hydrogen-bond donors (Lipinski definition) is 1. The van der Waals surface area contributed by atoms with E-state index in [1.807, 2.05) is 0 Å². The number of hydrogen-bond acceptors (Lipinski definition) is 3. The minimum Gasteiger partial charge on any atom is -0.371 e. The Labute approximate surface area is 86.6 Å². The molecule has 1 unspecified atom stereocenters. The minimum absolute atomic E-state index is 0.104. The molecular formula is C11H22N2O. The molecule has 0 aliphatic carbocycles. The van der Waals surface area contributed by atoms with Crippen molar-refractivity contribution in [3.05, 3.63) is 0 Å². The molecule has 0 aromatic heterocycles. The Balaban J connectivity index is 1.76. The van der Waals surface area contributed by atoms with E-state index in [2.05, 4.69) is 18.7 Å². The van der Waals surface area contributed by atoms with Crippen molar-refractivity contribution in [2.75, 3.05) is 19.6 Å². The van der Waals surface area contributed by atoms with Gasteiger partial charge in [0.2, 0.25) is 0 Å². The number of likely N-dealkylation sites (tertiary alicyclic amines) is 1. The SMILES string of the molecule is CC1(C)CCC(CN2CC[C@H](N)C2)O1. The smallest absolute Gasteiger partial charge is 0.0710 e. The summed E-state index contributed by atoms with van der Waals surface area (Å²) >= 11 is 0. The van der Waals surface area contributed by atoms with Crippen LogP contribution in [0.4, 0.5) is 0 Å². The van der Waals surface area contributed by atoms with Gasteiger partial charge in [-0.05, 0) is 39.7 Å². The van der Waals surface area contributed by atoms with Crippen LogP contribution in [0.1, 0.15) is 33.1 Å². The van der Waals surface area contributed by atoms with E-state index >= 15 is 0 Å². The van der Waals surface area contributed by atoms with Crippen LogP contribution in [-0.4, -0.2) is 42.3 Å². The van der Waals surface area contributed by atoms with E-state index < -0.39 is 0 Å². The third-order valence-electron chi connectivity index (χ3n) is 3.32. The zero-order valence-corrected chi connectivity index (χ0v) is 9.33. The predicted octanol–water partition coefficient (Wildman–Crippen LogP) is 0.977. The van der Waals surface area contributed by atoms with Crippen molar-refractivity contribution in [3.63, 3.8) is 0 Å². The summed E-state index contributed by atoms with van der Waals surface area (Å²) in [6, 6.07) is 0.393. The molecule has 2 aliphatic heterocycles. The predicted molar refractivity (Wildman–Crippen MR) is 57.2 cm³/mol. The average Bonchev–Trinajstić information content (AvgIpc) is 2.59. The molecule has 3 nitrogen and oxygen atoms in total. The first-order valence-electron chi connectivity index (χ1n) is 5.71. The molecule has 82 valence electrons. The summed E-state index contributed by atoms with van der Waals surface area (Å²) in [6.07, 6.45) is 3.99. The topological polar surface area (TPSA) is 38.5 Å². The van der Waals surface area contributed by atoms with E-state index in [-0.39, 0.29) is 5.60 Å². The van der Waals surface area contributed by atoms with Gasteiger partial charge in [0.05, 0.1) is 11.7 Å². The summed E-state index contributed by atoms with van der Waals surface area (Å²) in [6.45, 7) is 7.66. The second kappa shape index (κ2) is 3.80. The van der Waals surface area contributed by atoms with Crippen LogP contribution in [-0.2, 0) is 4.74 Å². The van der Waals surface area contributed by atoms with Gasteiger partial charge in [-0.25, -0.2) is 0 Å². The summed E-state index contributed by atoms with van der Waals surface area (Å²) < 4.78 is 5.96. The first-order valence-corrected chi connectivity index (χ1v) is 5.71. The van der Waals surface area contributed by atoms with E-state index in [4.69, 9.17) is 10.5 Å². The van der Waals surface area contributed by atoms with Crippen LogP contribution < -0.4 is 5.73 Å². The Kier molecular flexibility index (Phi) is 2.82. The van der Waals surface area contributed by atoms with Gasteiger partial charge in [0.25, 0.3) is 0 Å². The van der Waals surface area contributed by atoms with E-state index in [9.17, 15) is 0 Å². The van der Waals surface area contributed by atoms with E-state index in [0.717, 1.165) is 26.1 Å². The molecule has 2 rings (SSSR count). The van der Waals surface area contributed by atoms with Crippen molar-refractivity contribution in [3.8, 4) is 0 Å². The Hall–Kier alpha value is -0.120. The summed E-state index contributed by atoms with van der Waals surface area (Å²) in [5.74, 6) is 0. The maximum Gasteiger partial charge on any atom is 0.0710 e. The average molecular weight is 198 g/mol. The van der Waals surface area contributed by atoms with Crippen LogP contribution >= 0.6 is 0 Å². The molecule has 0 aromatic carbocycles. The lowest BCUT2D eigenvalue weighted by molar-refractivity contribution is -0.0263. The van der Waals surface area contributed by atoms with Crippen LogP contribution in [0.2, 0.25) is 0 Å². The zero-order chi connectivity index (χ0) is 10.2. The van der Waals surface area contributed by atoms with Crippen molar-refractivity contribution in [2.24, 2.45) is 5.73 Å². The minimum atomic E-state index is 0.104. The highest BCUT2D eigenvalue weighted by Crippen LogP contribution is 2.30. The third-order valence-corrected chi connectivity index (χ3v) is 3.32. The lowest BCUT2D eigenvalue weighted by Gasteiger charge is -2.23. The van der Waals surface area contributed by atoms with Crippen LogP contribution in [0.3, 0.4) is 0 Å². The fourth-order valence-corrected chi connectivity index (χ4v) is 2.52. The molecule has 2 saturated heterocycles. The highest BCUT2D eigenvalue weighted by molar-refractivity contribution is 4.85. The molecule has 0 bridgehead atoms. The highest BCUT2D eigenvalue weighted by atomic mass is 16.5. The molecular weight excluding hydrogens is 176 g/mol. The largest absolute Gasteiger partial charge is 0.371 e. The first-order chi connectivity index (χ1) is 6.55. The molecule has 0 amide bonds. The molecule has 14 heavy (non-hydrogen) atoms. The summed E-state index contributed by atoms with van der Waals surface area (Å²) in [4.78, 5) is 2.44. The molecule has 0 spiro atoms. The van der Waals surface area contributed by atoms with Crippen molar-refractivity contribution < 1.29 is 4.74 Å². The molecule has 2 heterocycles. The van der Waals surface area contributed by atoms with Crippen LogP contribution in [0.15, 0.2) is 0 Å². The van der Waals surface area contributed by atoms with Gasteiger partial charge in [-0.3, -0.25) is 4.90 Å². The molecule has 0 radical (unpaired) electrons. The van der Waals surface area contributed by atoms with Crippen molar-refractivity contribution in [2.45, 2.75) is 50.9 Å². The number of nitrogens with zero attached hydrogens (tertiary/aromatic N) is 1. The van der Waals surface area contributed by atoms with Crippen LogP contribution in [0, 0.1) is 0 Å². The summed E-state index contributed by atoms with van der Waals surface area (Å²) in [5.41, 5.74) is 5.97.